The van der Waals surface area contributed by atoms with Crippen LogP contribution in [0.1, 0.15) is 48.5 Å². The maximum absolute atomic E-state index is 12.2. The van der Waals surface area contributed by atoms with Crippen LogP contribution in [-0.4, -0.2) is 25.5 Å². The van der Waals surface area contributed by atoms with Gasteiger partial charge in [-0.05, 0) is 43.4 Å². The van der Waals surface area contributed by atoms with Crippen molar-refractivity contribution < 1.29 is 18.3 Å². The average Bonchev–Trinajstić information content (AvgIpc) is 2.91. The van der Waals surface area contributed by atoms with Gasteiger partial charge in [-0.3, -0.25) is 0 Å². The van der Waals surface area contributed by atoms with Crippen LogP contribution in [0.2, 0.25) is 0 Å². The molecule has 2 N–H and O–H groups in total. The highest BCUT2D eigenvalue weighted by molar-refractivity contribution is 7.88. The predicted octanol–water partition coefficient (Wildman–Crippen LogP) is 2.38. The molecule has 116 valence electrons. The van der Waals surface area contributed by atoms with Gasteiger partial charge in [0, 0.05) is 6.04 Å². The van der Waals surface area contributed by atoms with Crippen LogP contribution in [0, 0.1) is 5.92 Å². The zero-order valence-electron chi connectivity index (χ0n) is 12.1. The van der Waals surface area contributed by atoms with Gasteiger partial charge < -0.3 is 5.11 Å². The van der Waals surface area contributed by atoms with E-state index in [9.17, 15) is 13.2 Å². The number of carbonyl (C=O) groups is 1. The fourth-order valence-electron chi connectivity index (χ4n) is 2.89. The first-order valence-corrected chi connectivity index (χ1v) is 8.85. The standard InChI is InChI=1S/C15H21NO4S/c1-11(13-6-2-3-7-13)16-21(19,20)10-12-5-4-8-14(9-12)15(17)18/h4-5,8-9,11,13,16H,2-3,6-7,10H2,1H3,(H,17,18)/t11-/m1/s1. The van der Waals surface area contributed by atoms with Crippen LogP contribution in [-0.2, 0) is 15.8 Å². The van der Waals surface area contributed by atoms with Gasteiger partial charge in [-0.25, -0.2) is 17.9 Å². The van der Waals surface area contributed by atoms with Crippen molar-refractivity contribution >= 4 is 16.0 Å². The highest BCUT2D eigenvalue weighted by atomic mass is 32.2. The molecule has 0 spiro atoms. The van der Waals surface area contributed by atoms with E-state index >= 15 is 0 Å². The Morgan fingerprint density at radius 1 is 1.38 bits per heavy atom. The van der Waals surface area contributed by atoms with E-state index in [1.807, 2.05) is 6.92 Å². The number of hydrogen-bond donors (Lipinski definition) is 2. The van der Waals surface area contributed by atoms with Crippen LogP contribution in [0.5, 0.6) is 0 Å². The summed E-state index contributed by atoms with van der Waals surface area (Å²) >= 11 is 0. The van der Waals surface area contributed by atoms with Crippen molar-refractivity contribution in [3.63, 3.8) is 0 Å². The lowest BCUT2D eigenvalue weighted by Gasteiger charge is -2.20. The van der Waals surface area contributed by atoms with E-state index in [0.717, 1.165) is 25.7 Å². The van der Waals surface area contributed by atoms with Crippen LogP contribution in [0.4, 0.5) is 0 Å². The van der Waals surface area contributed by atoms with Crippen LogP contribution in [0.3, 0.4) is 0 Å². The second-order valence-electron chi connectivity index (χ2n) is 5.72. The Morgan fingerprint density at radius 2 is 2.05 bits per heavy atom. The molecule has 1 aromatic rings. The summed E-state index contributed by atoms with van der Waals surface area (Å²) in [5.41, 5.74) is 0.590. The van der Waals surface area contributed by atoms with Crippen LogP contribution >= 0.6 is 0 Å². The fraction of sp³-hybridized carbons (Fsp3) is 0.533. The number of rotatable bonds is 6. The molecule has 1 atom stereocenters. The first-order chi connectivity index (χ1) is 9.87. The van der Waals surface area contributed by atoms with E-state index in [4.69, 9.17) is 5.11 Å². The van der Waals surface area contributed by atoms with Gasteiger partial charge in [0.15, 0.2) is 0 Å². The monoisotopic (exact) mass is 311 g/mol. The summed E-state index contributed by atoms with van der Waals surface area (Å²) in [4.78, 5) is 10.9. The molecule has 0 radical (unpaired) electrons. The number of carboxylic acid groups (broad SMARTS) is 1. The number of hydrogen-bond acceptors (Lipinski definition) is 3. The third-order valence-corrected chi connectivity index (χ3v) is 5.45. The Kier molecular flexibility index (Phi) is 5.00. The first-order valence-electron chi connectivity index (χ1n) is 7.19. The minimum absolute atomic E-state index is 0.0693. The summed E-state index contributed by atoms with van der Waals surface area (Å²) < 4.78 is 27.1. The van der Waals surface area contributed by atoms with Crippen molar-refractivity contribution in [3.8, 4) is 0 Å². The molecule has 1 fully saturated rings. The van der Waals surface area contributed by atoms with E-state index < -0.39 is 16.0 Å². The Morgan fingerprint density at radius 3 is 2.67 bits per heavy atom. The summed E-state index contributed by atoms with van der Waals surface area (Å²) in [5, 5.41) is 8.93. The minimum atomic E-state index is -3.46. The van der Waals surface area contributed by atoms with Crippen molar-refractivity contribution in [2.45, 2.75) is 44.4 Å². The molecular formula is C15H21NO4S. The van der Waals surface area contributed by atoms with Gasteiger partial charge in [-0.2, -0.15) is 0 Å². The molecule has 0 aromatic heterocycles. The average molecular weight is 311 g/mol. The molecule has 21 heavy (non-hydrogen) atoms. The van der Waals surface area contributed by atoms with Gasteiger partial charge in [-0.1, -0.05) is 25.0 Å². The van der Waals surface area contributed by atoms with Crippen molar-refractivity contribution in [3.05, 3.63) is 35.4 Å². The minimum Gasteiger partial charge on any atom is -0.478 e. The normalized spacial score (nSPS) is 17.8. The van der Waals surface area contributed by atoms with Gasteiger partial charge >= 0.3 is 5.97 Å². The zero-order valence-corrected chi connectivity index (χ0v) is 12.9. The number of nitrogens with one attached hydrogen (secondary N) is 1. The lowest BCUT2D eigenvalue weighted by Crippen LogP contribution is -2.37. The molecule has 0 heterocycles. The van der Waals surface area contributed by atoms with E-state index in [-0.39, 0.29) is 17.4 Å². The summed E-state index contributed by atoms with van der Waals surface area (Å²) in [6.45, 7) is 1.90. The second kappa shape index (κ2) is 6.58. The van der Waals surface area contributed by atoms with Crippen molar-refractivity contribution in [2.24, 2.45) is 5.92 Å². The Hall–Kier alpha value is -1.40. The molecular weight excluding hydrogens is 290 g/mol. The van der Waals surface area contributed by atoms with Gasteiger partial charge in [-0.15, -0.1) is 0 Å². The van der Waals surface area contributed by atoms with Crippen molar-refractivity contribution in [2.75, 3.05) is 0 Å². The highest BCUT2D eigenvalue weighted by Crippen LogP contribution is 2.28. The molecule has 0 aliphatic heterocycles. The third kappa shape index (κ3) is 4.54. The molecule has 5 nitrogen and oxygen atoms in total. The van der Waals surface area contributed by atoms with Crippen molar-refractivity contribution in [1.82, 2.24) is 4.72 Å². The highest BCUT2D eigenvalue weighted by Gasteiger charge is 2.25. The van der Waals surface area contributed by atoms with Gasteiger partial charge in [0.1, 0.15) is 0 Å². The second-order valence-corrected chi connectivity index (χ2v) is 7.47. The first kappa shape index (κ1) is 16.0. The summed E-state index contributed by atoms with van der Waals surface area (Å²) in [5.74, 6) is -0.836. The molecule has 0 amide bonds. The Balaban J connectivity index is 2.03. The number of benzene rings is 1. The third-order valence-electron chi connectivity index (χ3n) is 4.00. The summed E-state index contributed by atoms with van der Waals surface area (Å²) in [6.07, 6.45) is 4.46. The van der Waals surface area contributed by atoms with Crippen LogP contribution in [0.25, 0.3) is 0 Å². The van der Waals surface area contributed by atoms with Gasteiger partial charge in [0.2, 0.25) is 10.0 Å². The molecule has 2 rings (SSSR count). The van der Waals surface area contributed by atoms with E-state index in [1.165, 1.54) is 12.1 Å². The van der Waals surface area contributed by atoms with E-state index in [2.05, 4.69) is 4.72 Å². The van der Waals surface area contributed by atoms with Gasteiger partial charge in [0.05, 0.1) is 11.3 Å². The Bertz CT molecular complexity index is 606. The van der Waals surface area contributed by atoms with Crippen LogP contribution < -0.4 is 4.72 Å². The van der Waals surface area contributed by atoms with Gasteiger partial charge in [0.25, 0.3) is 0 Å². The fourth-order valence-corrected chi connectivity index (χ4v) is 4.35. The van der Waals surface area contributed by atoms with E-state index in [1.54, 1.807) is 12.1 Å². The quantitative estimate of drug-likeness (QED) is 0.845. The molecule has 1 aliphatic carbocycles. The van der Waals surface area contributed by atoms with Crippen molar-refractivity contribution in [1.29, 1.82) is 0 Å². The van der Waals surface area contributed by atoms with E-state index in [0.29, 0.717) is 11.5 Å². The maximum atomic E-state index is 12.2. The molecule has 6 heteroatoms. The molecule has 1 aromatic carbocycles. The lowest BCUT2D eigenvalue weighted by atomic mass is 10.0. The predicted molar refractivity (Wildman–Crippen MR) is 80.6 cm³/mol. The SMILES string of the molecule is C[C@@H](NS(=O)(=O)Cc1cccc(C(=O)O)c1)C1CCCC1. The maximum Gasteiger partial charge on any atom is 0.335 e. The smallest absolute Gasteiger partial charge is 0.335 e. The molecule has 1 saturated carbocycles. The summed E-state index contributed by atoms with van der Waals surface area (Å²) in [7, 11) is -3.46. The molecule has 0 unspecified atom stereocenters. The topological polar surface area (TPSA) is 83.5 Å². The Labute approximate surface area is 125 Å². The largest absolute Gasteiger partial charge is 0.478 e. The number of carboxylic acids is 1. The molecule has 1 aliphatic rings. The molecule has 0 bridgehead atoms. The number of sulfonamides is 1. The molecule has 0 saturated heterocycles. The summed E-state index contributed by atoms with van der Waals surface area (Å²) in [6, 6.07) is 5.98. The lowest BCUT2D eigenvalue weighted by molar-refractivity contribution is 0.0696. The van der Waals surface area contributed by atoms with Crippen LogP contribution in [0.15, 0.2) is 24.3 Å². The number of aromatic carboxylic acids is 1. The zero-order chi connectivity index (χ0) is 15.5.